The van der Waals surface area contributed by atoms with Crippen molar-refractivity contribution in [3.8, 4) is 0 Å². The second kappa shape index (κ2) is 9.52. The summed E-state index contributed by atoms with van der Waals surface area (Å²) in [5.41, 5.74) is 4.94. The van der Waals surface area contributed by atoms with E-state index >= 15 is 0 Å². The lowest BCUT2D eigenvalue weighted by Gasteiger charge is -2.11. The lowest BCUT2D eigenvalue weighted by Crippen LogP contribution is -2.30. The smallest absolute Gasteiger partial charge is 0.231 e. The van der Waals surface area contributed by atoms with Crippen molar-refractivity contribution in [3.05, 3.63) is 0 Å². The van der Waals surface area contributed by atoms with Crippen LogP contribution < -0.4 is 5.73 Å². The van der Waals surface area contributed by atoms with E-state index in [9.17, 15) is 4.79 Å². The quantitative estimate of drug-likeness (QED) is 0.726. The Morgan fingerprint density at radius 3 is 2.00 bits per heavy atom. The molecule has 0 fully saturated rings. The molecule has 0 spiro atoms. The van der Waals surface area contributed by atoms with Gasteiger partial charge < -0.3 is 5.73 Å². The second-order valence-corrected chi connectivity index (χ2v) is 3.94. The highest BCUT2D eigenvalue weighted by Gasteiger charge is 1.98. The molecule has 0 aromatic rings. The standard InChI is InChI=1S/C6H14N2O.C4H10/c1-3-4-8(2)5-6(7)9;1-4(2)3/h3-5H2,1-2H3,(H2,7,9);4H,1-3H3. The van der Waals surface area contributed by atoms with Gasteiger partial charge in [0.2, 0.25) is 5.91 Å². The number of hydrogen-bond donors (Lipinski definition) is 1. The van der Waals surface area contributed by atoms with Crippen molar-refractivity contribution in [1.82, 2.24) is 4.90 Å². The van der Waals surface area contributed by atoms with Crippen molar-refractivity contribution in [3.63, 3.8) is 0 Å². The molecule has 13 heavy (non-hydrogen) atoms. The molecule has 3 heteroatoms. The van der Waals surface area contributed by atoms with Gasteiger partial charge >= 0.3 is 0 Å². The molecule has 80 valence electrons. The van der Waals surface area contributed by atoms with Gasteiger partial charge in [-0.1, -0.05) is 27.7 Å². The summed E-state index contributed by atoms with van der Waals surface area (Å²) < 4.78 is 0. The Morgan fingerprint density at radius 2 is 1.77 bits per heavy atom. The van der Waals surface area contributed by atoms with Crippen molar-refractivity contribution in [2.24, 2.45) is 11.7 Å². The summed E-state index contributed by atoms with van der Waals surface area (Å²) in [6.07, 6.45) is 1.06. The Morgan fingerprint density at radius 1 is 1.38 bits per heavy atom. The van der Waals surface area contributed by atoms with Crippen LogP contribution in [-0.2, 0) is 4.79 Å². The van der Waals surface area contributed by atoms with E-state index in [0.29, 0.717) is 6.54 Å². The normalized spacial score (nSPS) is 9.77. The SMILES string of the molecule is CC(C)C.CCCN(C)CC(N)=O. The molecule has 0 heterocycles. The van der Waals surface area contributed by atoms with Gasteiger partial charge in [0, 0.05) is 0 Å². The van der Waals surface area contributed by atoms with E-state index in [1.54, 1.807) is 0 Å². The largest absolute Gasteiger partial charge is 0.369 e. The minimum Gasteiger partial charge on any atom is -0.369 e. The summed E-state index contributed by atoms with van der Waals surface area (Å²) in [6, 6.07) is 0. The van der Waals surface area contributed by atoms with E-state index in [1.807, 2.05) is 11.9 Å². The van der Waals surface area contributed by atoms with Crippen LogP contribution in [0.1, 0.15) is 34.1 Å². The van der Waals surface area contributed by atoms with Crippen molar-refractivity contribution in [2.45, 2.75) is 34.1 Å². The van der Waals surface area contributed by atoms with E-state index in [0.717, 1.165) is 18.9 Å². The Kier molecular flexibility index (Phi) is 10.9. The van der Waals surface area contributed by atoms with Gasteiger partial charge in [-0.2, -0.15) is 0 Å². The molecule has 0 aliphatic rings. The number of likely N-dealkylation sites (N-methyl/N-ethyl adjacent to an activating group) is 1. The van der Waals surface area contributed by atoms with E-state index in [4.69, 9.17) is 5.73 Å². The van der Waals surface area contributed by atoms with Crippen molar-refractivity contribution >= 4 is 5.91 Å². The highest BCUT2D eigenvalue weighted by Crippen LogP contribution is 1.83. The van der Waals surface area contributed by atoms with Crippen molar-refractivity contribution in [2.75, 3.05) is 20.1 Å². The summed E-state index contributed by atoms with van der Waals surface area (Å²) in [5, 5.41) is 0. The number of hydrogen-bond acceptors (Lipinski definition) is 2. The second-order valence-electron chi connectivity index (χ2n) is 3.94. The third-order valence-corrected chi connectivity index (χ3v) is 1.03. The molecule has 1 amide bonds. The predicted molar refractivity (Wildman–Crippen MR) is 57.5 cm³/mol. The first kappa shape index (κ1) is 14.9. The van der Waals surface area contributed by atoms with Gasteiger partial charge in [-0.25, -0.2) is 0 Å². The zero-order valence-electron chi connectivity index (χ0n) is 9.63. The molecular formula is C10H24N2O. The first-order valence-corrected chi connectivity index (χ1v) is 4.87. The average molecular weight is 188 g/mol. The number of amides is 1. The fraction of sp³-hybridized carbons (Fsp3) is 0.900. The van der Waals surface area contributed by atoms with E-state index in [1.165, 1.54) is 0 Å². The molecule has 0 atom stereocenters. The third kappa shape index (κ3) is 24.6. The Hall–Kier alpha value is -0.570. The lowest BCUT2D eigenvalue weighted by molar-refractivity contribution is -0.118. The van der Waals surface area contributed by atoms with Gasteiger partial charge in [-0.05, 0) is 25.9 Å². The lowest BCUT2D eigenvalue weighted by atomic mass is 10.3. The van der Waals surface area contributed by atoms with Crippen LogP contribution in [0.4, 0.5) is 0 Å². The molecule has 0 aliphatic heterocycles. The zero-order chi connectivity index (χ0) is 10.9. The average Bonchev–Trinajstić information content (AvgIpc) is 1.83. The van der Waals surface area contributed by atoms with E-state index in [2.05, 4.69) is 27.7 Å². The molecule has 0 unspecified atom stereocenters. The molecule has 0 saturated heterocycles. The van der Waals surface area contributed by atoms with Crippen LogP contribution >= 0.6 is 0 Å². The molecule has 0 aromatic heterocycles. The maximum atomic E-state index is 10.3. The van der Waals surface area contributed by atoms with Gasteiger partial charge in [-0.3, -0.25) is 9.69 Å². The van der Waals surface area contributed by atoms with E-state index in [-0.39, 0.29) is 5.91 Å². The predicted octanol–water partition coefficient (Wildman–Crippen LogP) is 1.48. The first-order valence-electron chi connectivity index (χ1n) is 4.87. The molecule has 3 nitrogen and oxygen atoms in total. The number of carbonyl (C=O) groups is 1. The molecule has 0 aliphatic carbocycles. The third-order valence-electron chi connectivity index (χ3n) is 1.03. The van der Waals surface area contributed by atoms with Crippen LogP contribution in [-0.4, -0.2) is 30.9 Å². The van der Waals surface area contributed by atoms with Gasteiger partial charge in [0.15, 0.2) is 0 Å². The fourth-order valence-corrected chi connectivity index (χ4v) is 0.727. The fourth-order valence-electron chi connectivity index (χ4n) is 0.727. The number of nitrogens with zero attached hydrogens (tertiary/aromatic N) is 1. The number of primary amides is 1. The summed E-state index contributed by atoms with van der Waals surface area (Å²) in [6.45, 7) is 9.87. The van der Waals surface area contributed by atoms with Crippen LogP contribution in [0, 0.1) is 5.92 Å². The first-order chi connectivity index (χ1) is 5.90. The molecule has 0 aromatic carbocycles. The molecule has 0 bridgehead atoms. The van der Waals surface area contributed by atoms with Gasteiger partial charge in [0.1, 0.15) is 0 Å². The van der Waals surface area contributed by atoms with Crippen LogP contribution in [0.2, 0.25) is 0 Å². The Labute approximate surface area is 82.3 Å². The molecular weight excluding hydrogens is 164 g/mol. The maximum absolute atomic E-state index is 10.3. The topological polar surface area (TPSA) is 46.3 Å². The molecule has 0 rings (SSSR count). The van der Waals surface area contributed by atoms with Gasteiger partial charge in [0.05, 0.1) is 6.54 Å². The number of rotatable bonds is 4. The van der Waals surface area contributed by atoms with Crippen LogP contribution in [0.15, 0.2) is 0 Å². The van der Waals surface area contributed by atoms with Crippen molar-refractivity contribution < 1.29 is 4.79 Å². The monoisotopic (exact) mass is 188 g/mol. The van der Waals surface area contributed by atoms with Crippen LogP contribution in [0.3, 0.4) is 0 Å². The minimum atomic E-state index is -0.258. The Balaban J connectivity index is 0. The summed E-state index contributed by atoms with van der Waals surface area (Å²) in [5.74, 6) is 0.575. The summed E-state index contributed by atoms with van der Waals surface area (Å²) in [4.78, 5) is 12.2. The number of carbonyl (C=O) groups excluding carboxylic acids is 1. The summed E-state index contributed by atoms with van der Waals surface area (Å²) >= 11 is 0. The van der Waals surface area contributed by atoms with Gasteiger partial charge in [0.25, 0.3) is 0 Å². The van der Waals surface area contributed by atoms with Crippen molar-refractivity contribution in [1.29, 1.82) is 0 Å². The Bertz CT molecular complexity index is 121. The molecule has 0 radical (unpaired) electrons. The highest BCUT2D eigenvalue weighted by atomic mass is 16.1. The minimum absolute atomic E-state index is 0.258. The van der Waals surface area contributed by atoms with Crippen LogP contribution in [0.5, 0.6) is 0 Å². The number of nitrogens with two attached hydrogens (primary N) is 1. The van der Waals surface area contributed by atoms with Gasteiger partial charge in [-0.15, -0.1) is 0 Å². The van der Waals surface area contributed by atoms with E-state index < -0.39 is 0 Å². The maximum Gasteiger partial charge on any atom is 0.231 e. The van der Waals surface area contributed by atoms with Crippen LogP contribution in [0.25, 0.3) is 0 Å². The highest BCUT2D eigenvalue weighted by molar-refractivity contribution is 5.75. The zero-order valence-corrected chi connectivity index (χ0v) is 9.63. The molecule has 0 saturated carbocycles. The summed E-state index contributed by atoms with van der Waals surface area (Å²) in [7, 11) is 1.88. The molecule has 2 N–H and O–H groups in total.